The Morgan fingerprint density at radius 1 is 1.26 bits per heavy atom. The first-order valence-corrected chi connectivity index (χ1v) is 12.4. The number of aryl methyl sites for hydroxylation is 1. The molecule has 0 atom stereocenters. The molecule has 2 N–H and O–H groups in total. The van der Waals surface area contributed by atoms with Gasteiger partial charge in [-0.15, -0.1) is 5.10 Å². The number of anilines is 3. The normalized spacial score (nSPS) is 14.8. The van der Waals surface area contributed by atoms with Crippen LogP contribution in [0.2, 0.25) is 0 Å². The van der Waals surface area contributed by atoms with Crippen LogP contribution in [0.15, 0.2) is 48.8 Å². The molecule has 0 radical (unpaired) electrons. The maximum atomic E-state index is 15.1. The molecule has 1 saturated carbocycles. The first kappa shape index (κ1) is 23.8. The smallest absolute Gasteiger partial charge is 0.261 e. The molecule has 1 amide bonds. The lowest BCUT2D eigenvalue weighted by molar-refractivity contribution is 0.0976. The number of rotatable bonds is 6. The number of hydrogen-bond acceptors (Lipinski definition) is 7. The molecule has 2 aromatic heterocycles. The predicted molar refractivity (Wildman–Crippen MR) is 138 cm³/mol. The Morgan fingerprint density at radius 3 is 2.84 bits per heavy atom. The molecule has 2 aromatic carbocycles. The number of aliphatic hydroxyl groups is 1. The van der Waals surface area contributed by atoms with Crippen LogP contribution < -0.4 is 10.2 Å². The van der Waals surface area contributed by atoms with E-state index in [1.807, 2.05) is 6.07 Å². The Morgan fingerprint density at radius 2 is 2.11 bits per heavy atom. The minimum atomic E-state index is -0.489. The van der Waals surface area contributed by atoms with E-state index in [-0.39, 0.29) is 18.1 Å². The number of aliphatic hydroxyl groups excluding tert-OH is 1. The van der Waals surface area contributed by atoms with E-state index >= 15 is 4.39 Å². The van der Waals surface area contributed by atoms with Crippen LogP contribution in [0.3, 0.4) is 0 Å². The summed E-state index contributed by atoms with van der Waals surface area (Å²) in [5.74, 6) is -0.296. The molecule has 0 saturated heterocycles. The molecule has 3 heterocycles. The molecule has 6 rings (SSSR count). The van der Waals surface area contributed by atoms with E-state index < -0.39 is 11.7 Å². The molecular formula is C28H24FN7O2. The zero-order valence-corrected chi connectivity index (χ0v) is 20.6. The van der Waals surface area contributed by atoms with E-state index in [9.17, 15) is 15.2 Å². The number of carbonyl (C=O) groups is 1. The quantitative estimate of drug-likeness (QED) is 0.400. The van der Waals surface area contributed by atoms with Gasteiger partial charge in [0.15, 0.2) is 0 Å². The van der Waals surface area contributed by atoms with Crippen LogP contribution in [0.5, 0.6) is 0 Å². The summed E-state index contributed by atoms with van der Waals surface area (Å²) in [6.07, 6.45) is 5.86. The maximum absolute atomic E-state index is 15.1. The molecule has 1 fully saturated rings. The van der Waals surface area contributed by atoms with E-state index in [2.05, 4.69) is 26.6 Å². The SMILES string of the molecule is Cn1cc(Nc2nncc(-c3cccc(N4CCc5cc(C6CC6)cc(F)c5C4=O)c3CO)n2)cc1C#N. The Kier molecular flexibility index (Phi) is 5.85. The van der Waals surface area contributed by atoms with Gasteiger partial charge in [-0.3, -0.25) is 4.79 Å². The molecule has 9 nitrogen and oxygen atoms in total. The minimum absolute atomic E-state index is 0.102. The molecule has 190 valence electrons. The van der Waals surface area contributed by atoms with Crippen molar-refractivity contribution in [3.05, 3.63) is 82.6 Å². The second-order valence-electron chi connectivity index (χ2n) is 9.61. The molecule has 4 aromatic rings. The van der Waals surface area contributed by atoms with E-state index in [4.69, 9.17) is 0 Å². The number of hydrogen-bond donors (Lipinski definition) is 2. The molecule has 0 spiro atoms. The molecule has 38 heavy (non-hydrogen) atoms. The van der Waals surface area contributed by atoms with Crippen LogP contribution in [0, 0.1) is 17.1 Å². The van der Waals surface area contributed by atoms with Crippen LogP contribution >= 0.6 is 0 Å². The second-order valence-corrected chi connectivity index (χ2v) is 9.61. The average molecular weight is 510 g/mol. The lowest BCUT2D eigenvalue weighted by atomic mass is 9.93. The largest absolute Gasteiger partial charge is 0.392 e. The third-order valence-electron chi connectivity index (χ3n) is 7.12. The molecular weight excluding hydrogens is 485 g/mol. The van der Waals surface area contributed by atoms with E-state index in [0.29, 0.717) is 52.8 Å². The van der Waals surface area contributed by atoms with Crippen molar-refractivity contribution in [3.8, 4) is 17.3 Å². The number of nitriles is 1. The van der Waals surface area contributed by atoms with Crippen LogP contribution in [-0.2, 0) is 20.1 Å². The Labute approximate surface area is 218 Å². The van der Waals surface area contributed by atoms with E-state index in [1.165, 1.54) is 17.2 Å². The van der Waals surface area contributed by atoms with Gasteiger partial charge in [-0.25, -0.2) is 9.37 Å². The van der Waals surface area contributed by atoms with Gasteiger partial charge in [0, 0.05) is 30.9 Å². The van der Waals surface area contributed by atoms with Gasteiger partial charge in [-0.2, -0.15) is 10.4 Å². The van der Waals surface area contributed by atoms with Gasteiger partial charge < -0.3 is 19.9 Å². The standard InChI is InChI=1S/C28H24FN7O2/c1-35-14-19(11-20(35)12-30)32-28-33-24(13-31-34-28)21-3-2-4-25(22(21)15-37)36-8-7-17-9-18(16-5-6-16)10-23(29)26(17)27(36)38/h2-4,9-11,13-14,16,37H,5-8,15H2,1H3,(H,32,33,34). The van der Waals surface area contributed by atoms with Gasteiger partial charge >= 0.3 is 0 Å². The van der Waals surface area contributed by atoms with Gasteiger partial charge in [0.2, 0.25) is 5.95 Å². The first-order valence-electron chi connectivity index (χ1n) is 12.4. The monoisotopic (exact) mass is 509 g/mol. The number of amides is 1. The van der Waals surface area contributed by atoms with E-state index in [1.54, 1.807) is 42.1 Å². The lowest BCUT2D eigenvalue weighted by Gasteiger charge is -2.31. The van der Waals surface area contributed by atoms with Crippen molar-refractivity contribution in [1.82, 2.24) is 19.7 Å². The van der Waals surface area contributed by atoms with Crippen molar-refractivity contribution in [2.45, 2.75) is 31.8 Å². The van der Waals surface area contributed by atoms with Crippen molar-refractivity contribution in [2.24, 2.45) is 7.05 Å². The predicted octanol–water partition coefficient (Wildman–Crippen LogP) is 4.20. The number of carbonyl (C=O) groups excluding carboxylic acids is 1. The van der Waals surface area contributed by atoms with Gasteiger partial charge in [-0.05, 0) is 54.5 Å². The summed E-state index contributed by atoms with van der Waals surface area (Å²) in [6.45, 7) is 0.0160. The summed E-state index contributed by atoms with van der Waals surface area (Å²) in [5, 5.41) is 30.7. The molecule has 0 bridgehead atoms. The summed E-state index contributed by atoms with van der Waals surface area (Å²) in [4.78, 5) is 19.6. The summed E-state index contributed by atoms with van der Waals surface area (Å²) in [7, 11) is 1.76. The highest BCUT2D eigenvalue weighted by Crippen LogP contribution is 2.42. The highest BCUT2D eigenvalue weighted by Gasteiger charge is 2.33. The summed E-state index contributed by atoms with van der Waals surface area (Å²) in [5.41, 5.74) is 4.92. The molecule has 1 aliphatic heterocycles. The highest BCUT2D eigenvalue weighted by atomic mass is 19.1. The molecule has 2 aliphatic rings. The van der Waals surface area contributed by atoms with Crippen molar-refractivity contribution in [2.75, 3.05) is 16.8 Å². The third-order valence-corrected chi connectivity index (χ3v) is 7.12. The number of nitrogens with zero attached hydrogens (tertiary/aromatic N) is 6. The van der Waals surface area contributed by atoms with Crippen LogP contribution in [0.4, 0.5) is 21.7 Å². The average Bonchev–Trinajstić information content (AvgIpc) is 3.71. The molecule has 0 unspecified atom stereocenters. The van der Waals surface area contributed by atoms with Crippen molar-refractivity contribution in [1.29, 1.82) is 5.26 Å². The Hall–Kier alpha value is -4.62. The molecule has 1 aliphatic carbocycles. The second kappa shape index (κ2) is 9.36. The van der Waals surface area contributed by atoms with E-state index in [0.717, 1.165) is 24.0 Å². The van der Waals surface area contributed by atoms with Gasteiger partial charge in [0.1, 0.15) is 17.6 Å². The van der Waals surface area contributed by atoms with Crippen molar-refractivity contribution < 1.29 is 14.3 Å². The first-order chi connectivity index (χ1) is 18.5. The Balaban J connectivity index is 1.33. The van der Waals surface area contributed by atoms with Gasteiger partial charge in [-0.1, -0.05) is 18.2 Å². The summed E-state index contributed by atoms with van der Waals surface area (Å²) >= 11 is 0. The number of fused-ring (bicyclic) bond motifs is 1. The lowest BCUT2D eigenvalue weighted by Crippen LogP contribution is -2.39. The third kappa shape index (κ3) is 4.17. The fraction of sp³-hybridized carbons (Fsp3) is 0.250. The van der Waals surface area contributed by atoms with Crippen molar-refractivity contribution in [3.63, 3.8) is 0 Å². The maximum Gasteiger partial charge on any atom is 0.261 e. The summed E-state index contributed by atoms with van der Waals surface area (Å²) < 4.78 is 16.8. The number of nitrogens with one attached hydrogen (secondary N) is 1. The highest BCUT2D eigenvalue weighted by molar-refractivity contribution is 6.09. The van der Waals surface area contributed by atoms with Gasteiger partial charge in [0.05, 0.1) is 35.4 Å². The molecule has 10 heteroatoms. The van der Waals surface area contributed by atoms with Gasteiger partial charge in [0.25, 0.3) is 5.91 Å². The fourth-order valence-electron chi connectivity index (χ4n) is 5.07. The van der Waals surface area contributed by atoms with Crippen LogP contribution in [0.25, 0.3) is 11.3 Å². The topological polar surface area (TPSA) is 120 Å². The zero-order chi connectivity index (χ0) is 26.4. The number of aromatic nitrogens is 4. The Bertz CT molecular complexity index is 1620. The summed E-state index contributed by atoms with van der Waals surface area (Å²) in [6, 6.07) is 12.5. The minimum Gasteiger partial charge on any atom is -0.392 e. The number of benzene rings is 2. The number of halogens is 1. The van der Waals surface area contributed by atoms with Crippen LogP contribution in [0.1, 0.15) is 51.5 Å². The zero-order valence-electron chi connectivity index (χ0n) is 20.6. The van der Waals surface area contributed by atoms with Crippen molar-refractivity contribution >= 4 is 23.2 Å². The van der Waals surface area contributed by atoms with Crippen LogP contribution in [-0.4, -0.2) is 37.3 Å². The fourth-order valence-corrected chi connectivity index (χ4v) is 5.07.